The third kappa shape index (κ3) is 3.45. The van der Waals surface area contributed by atoms with Crippen LogP contribution in [-0.4, -0.2) is 31.3 Å². The zero-order valence-electron chi connectivity index (χ0n) is 17.2. The molecule has 1 aliphatic heterocycles. The van der Waals surface area contributed by atoms with Crippen LogP contribution in [0.2, 0.25) is 0 Å². The summed E-state index contributed by atoms with van der Waals surface area (Å²) in [7, 11) is 0. The number of aromatic nitrogens is 1. The number of ether oxygens (including phenoxy) is 1. The van der Waals surface area contributed by atoms with Gasteiger partial charge in [-0.2, -0.15) is 0 Å². The van der Waals surface area contributed by atoms with Crippen LogP contribution in [0.25, 0.3) is 22.0 Å². The Kier molecular flexibility index (Phi) is 4.76. The number of pyridine rings is 1. The molecule has 0 saturated carbocycles. The van der Waals surface area contributed by atoms with Crippen molar-refractivity contribution in [2.45, 2.75) is 33.1 Å². The summed E-state index contributed by atoms with van der Waals surface area (Å²) in [6.07, 6.45) is 0. The minimum Gasteiger partial charge on any atom is -0.382 e. The summed E-state index contributed by atoms with van der Waals surface area (Å²) in [4.78, 5) is 6.94. The summed E-state index contributed by atoms with van der Waals surface area (Å²) >= 11 is 0. The molecule has 0 radical (unpaired) electrons. The Balaban J connectivity index is 1.86. The van der Waals surface area contributed by atoms with E-state index in [1.54, 1.807) is 0 Å². The summed E-state index contributed by atoms with van der Waals surface area (Å²) < 4.78 is 5.48. The normalized spacial score (nSPS) is 15.2. The number of benzene rings is 2. The number of hydrogen-bond donors (Lipinski definition) is 1. The highest BCUT2D eigenvalue weighted by molar-refractivity contribution is 5.91. The van der Waals surface area contributed by atoms with Gasteiger partial charge in [-0.1, -0.05) is 45.0 Å². The molecule has 1 aromatic heterocycles. The molecule has 0 spiro atoms. The van der Waals surface area contributed by atoms with Crippen LogP contribution in [0.1, 0.15) is 31.9 Å². The lowest BCUT2D eigenvalue weighted by atomic mass is 9.80. The van der Waals surface area contributed by atoms with Gasteiger partial charge in [0, 0.05) is 18.5 Å². The van der Waals surface area contributed by atoms with Gasteiger partial charge in [0.05, 0.1) is 24.4 Å². The lowest BCUT2D eigenvalue weighted by molar-refractivity contribution is 0.123. The number of aryl methyl sites for hydroxylation is 1. The van der Waals surface area contributed by atoms with Gasteiger partial charge in [-0.05, 0) is 52.8 Å². The first kappa shape index (κ1) is 18.8. The molecule has 0 bridgehead atoms. The van der Waals surface area contributed by atoms with Gasteiger partial charge in [-0.25, -0.2) is 4.98 Å². The van der Waals surface area contributed by atoms with Crippen molar-refractivity contribution >= 4 is 22.4 Å². The van der Waals surface area contributed by atoms with Gasteiger partial charge in [0.2, 0.25) is 0 Å². The Bertz CT molecular complexity index is 1010. The highest BCUT2D eigenvalue weighted by Crippen LogP contribution is 2.37. The lowest BCUT2D eigenvalue weighted by Gasteiger charge is -2.29. The fourth-order valence-electron chi connectivity index (χ4n) is 4.07. The molecule has 28 heavy (non-hydrogen) atoms. The minimum absolute atomic E-state index is 0.0780. The molecule has 0 amide bonds. The lowest BCUT2D eigenvalue weighted by Crippen LogP contribution is -2.36. The topological polar surface area (TPSA) is 51.4 Å². The largest absolute Gasteiger partial charge is 0.382 e. The van der Waals surface area contributed by atoms with Crippen LogP contribution in [0.4, 0.5) is 11.5 Å². The van der Waals surface area contributed by atoms with Gasteiger partial charge in [-0.15, -0.1) is 0 Å². The van der Waals surface area contributed by atoms with Crippen LogP contribution in [0, 0.1) is 6.92 Å². The SMILES string of the molecule is Cc1cccc(C(C)(C)C)c1-c1ccc2nc(N)c(N3CCOCC3)cc2c1. The quantitative estimate of drug-likeness (QED) is 0.690. The molecule has 3 aromatic rings. The van der Waals surface area contributed by atoms with E-state index in [2.05, 4.69) is 80.0 Å². The summed E-state index contributed by atoms with van der Waals surface area (Å²) in [5.41, 5.74) is 13.5. The molecule has 2 N–H and O–H groups in total. The molecule has 1 fully saturated rings. The highest BCUT2D eigenvalue weighted by atomic mass is 16.5. The summed E-state index contributed by atoms with van der Waals surface area (Å²) in [6.45, 7) is 12.2. The molecular formula is C24H29N3O. The second-order valence-corrected chi connectivity index (χ2v) is 8.65. The van der Waals surface area contributed by atoms with Crippen molar-refractivity contribution in [3.63, 3.8) is 0 Å². The maximum absolute atomic E-state index is 6.28. The fourth-order valence-corrected chi connectivity index (χ4v) is 4.07. The minimum atomic E-state index is 0.0780. The van der Waals surface area contributed by atoms with Gasteiger partial charge >= 0.3 is 0 Å². The van der Waals surface area contributed by atoms with Crippen molar-refractivity contribution in [1.29, 1.82) is 0 Å². The average molecular weight is 376 g/mol. The number of fused-ring (bicyclic) bond motifs is 1. The fraction of sp³-hybridized carbons (Fsp3) is 0.375. The Morgan fingerprint density at radius 2 is 1.79 bits per heavy atom. The van der Waals surface area contributed by atoms with Crippen LogP contribution in [-0.2, 0) is 10.2 Å². The van der Waals surface area contributed by atoms with Crippen molar-refractivity contribution in [3.8, 4) is 11.1 Å². The zero-order chi connectivity index (χ0) is 19.9. The number of nitrogens with two attached hydrogens (primary N) is 1. The second kappa shape index (κ2) is 7.10. The molecule has 0 atom stereocenters. The van der Waals surface area contributed by atoms with Crippen LogP contribution < -0.4 is 10.6 Å². The number of nitrogens with zero attached hydrogens (tertiary/aromatic N) is 2. The standard InChI is InChI=1S/C24H29N3O/c1-16-6-5-7-19(24(2,3)4)22(16)17-8-9-20-18(14-17)15-21(23(25)26-20)27-10-12-28-13-11-27/h5-9,14-15H,10-13H2,1-4H3,(H2,25,26). The number of nitrogen functional groups attached to an aromatic ring is 1. The summed E-state index contributed by atoms with van der Waals surface area (Å²) in [5.74, 6) is 0.591. The van der Waals surface area contributed by atoms with Gasteiger partial charge in [-0.3, -0.25) is 0 Å². The predicted molar refractivity (Wildman–Crippen MR) is 118 cm³/mol. The van der Waals surface area contributed by atoms with E-state index < -0.39 is 0 Å². The Labute approximate surface area is 167 Å². The zero-order valence-corrected chi connectivity index (χ0v) is 17.2. The highest BCUT2D eigenvalue weighted by Gasteiger charge is 2.21. The second-order valence-electron chi connectivity index (χ2n) is 8.65. The van der Waals surface area contributed by atoms with E-state index in [-0.39, 0.29) is 5.41 Å². The summed E-state index contributed by atoms with van der Waals surface area (Å²) in [5, 5.41) is 1.12. The van der Waals surface area contributed by atoms with Crippen LogP contribution >= 0.6 is 0 Å². The molecule has 4 rings (SSSR count). The molecule has 2 aromatic carbocycles. The van der Waals surface area contributed by atoms with E-state index in [4.69, 9.17) is 10.5 Å². The third-order valence-electron chi connectivity index (χ3n) is 5.54. The van der Waals surface area contributed by atoms with Crippen molar-refractivity contribution in [2.75, 3.05) is 36.9 Å². The first-order chi connectivity index (χ1) is 13.3. The predicted octanol–water partition coefficient (Wildman–Crippen LogP) is 4.93. The van der Waals surface area contributed by atoms with Crippen LogP contribution in [0.5, 0.6) is 0 Å². The number of morpholine rings is 1. The number of anilines is 2. The van der Waals surface area contributed by atoms with Crippen molar-refractivity contribution in [1.82, 2.24) is 4.98 Å². The molecule has 1 saturated heterocycles. The number of hydrogen-bond acceptors (Lipinski definition) is 4. The van der Waals surface area contributed by atoms with E-state index in [0.717, 1.165) is 42.9 Å². The van der Waals surface area contributed by atoms with Crippen LogP contribution in [0.15, 0.2) is 42.5 Å². The van der Waals surface area contributed by atoms with Crippen molar-refractivity contribution < 1.29 is 4.74 Å². The smallest absolute Gasteiger partial charge is 0.147 e. The maximum Gasteiger partial charge on any atom is 0.147 e. The molecular weight excluding hydrogens is 346 g/mol. The molecule has 146 valence electrons. The molecule has 0 aliphatic carbocycles. The average Bonchev–Trinajstić information content (AvgIpc) is 2.67. The monoisotopic (exact) mass is 375 g/mol. The molecule has 2 heterocycles. The Hall–Kier alpha value is -2.59. The van der Waals surface area contributed by atoms with E-state index in [0.29, 0.717) is 5.82 Å². The van der Waals surface area contributed by atoms with Gasteiger partial charge < -0.3 is 15.4 Å². The van der Waals surface area contributed by atoms with Gasteiger partial charge in [0.1, 0.15) is 5.82 Å². The van der Waals surface area contributed by atoms with Gasteiger partial charge in [0.15, 0.2) is 0 Å². The third-order valence-corrected chi connectivity index (χ3v) is 5.54. The van der Waals surface area contributed by atoms with E-state index >= 15 is 0 Å². The molecule has 4 heteroatoms. The van der Waals surface area contributed by atoms with E-state index in [9.17, 15) is 0 Å². The molecule has 1 aliphatic rings. The van der Waals surface area contributed by atoms with Crippen molar-refractivity contribution in [3.05, 3.63) is 53.6 Å². The van der Waals surface area contributed by atoms with E-state index in [1.807, 2.05) is 0 Å². The van der Waals surface area contributed by atoms with Crippen LogP contribution in [0.3, 0.4) is 0 Å². The number of rotatable bonds is 2. The van der Waals surface area contributed by atoms with Gasteiger partial charge in [0.25, 0.3) is 0 Å². The maximum atomic E-state index is 6.28. The first-order valence-electron chi connectivity index (χ1n) is 9.98. The Morgan fingerprint density at radius 3 is 2.50 bits per heavy atom. The molecule has 0 unspecified atom stereocenters. The van der Waals surface area contributed by atoms with E-state index in [1.165, 1.54) is 22.3 Å². The van der Waals surface area contributed by atoms with Crippen molar-refractivity contribution in [2.24, 2.45) is 0 Å². The molecule has 4 nitrogen and oxygen atoms in total. The Morgan fingerprint density at radius 1 is 1.04 bits per heavy atom. The first-order valence-corrected chi connectivity index (χ1v) is 9.98. The summed E-state index contributed by atoms with van der Waals surface area (Å²) in [6, 6.07) is 15.3.